The lowest BCUT2D eigenvalue weighted by atomic mass is 10.0. The molecule has 1 aromatic carbocycles. The van der Waals surface area contributed by atoms with Crippen molar-refractivity contribution < 1.29 is 4.79 Å². The molecule has 0 unspecified atom stereocenters. The Hall–Kier alpha value is -1.31. The maximum atomic E-state index is 10.7. The van der Waals surface area contributed by atoms with Crippen molar-refractivity contribution in [3.8, 4) is 0 Å². The number of nitrogens with two attached hydrogens (primary N) is 1. The first kappa shape index (κ1) is 11.8. The van der Waals surface area contributed by atoms with Crippen molar-refractivity contribution in [3.63, 3.8) is 0 Å². The molecule has 0 saturated heterocycles. The summed E-state index contributed by atoms with van der Waals surface area (Å²) < 4.78 is 0. The molecule has 0 fully saturated rings. The fourth-order valence-corrected chi connectivity index (χ4v) is 1.48. The second-order valence-electron chi connectivity index (χ2n) is 4.39. The zero-order chi connectivity index (χ0) is 11.3. The number of primary amides is 1. The predicted octanol–water partition coefficient (Wildman–Crippen LogP) is 2.30. The molecule has 1 amide bonds. The van der Waals surface area contributed by atoms with Crippen molar-refractivity contribution in [2.24, 2.45) is 11.7 Å². The van der Waals surface area contributed by atoms with Gasteiger partial charge in [0.2, 0.25) is 5.91 Å². The Morgan fingerprint density at radius 3 is 2.20 bits per heavy atom. The van der Waals surface area contributed by atoms with Crippen LogP contribution in [0, 0.1) is 5.92 Å². The first-order chi connectivity index (χ1) is 7.08. The Morgan fingerprint density at radius 2 is 1.73 bits per heavy atom. The number of aryl methyl sites for hydroxylation is 1. The molecule has 1 aromatic rings. The monoisotopic (exact) mass is 205 g/mol. The molecular weight excluding hydrogens is 186 g/mol. The maximum absolute atomic E-state index is 10.7. The summed E-state index contributed by atoms with van der Waals surface area (Å²) in [7, 11) is 0. The summed E-state index contributed by atoms with van der Waals surface area (Å²) in [6.07, 6.45) is 2.65. The molecule has 0 bridgehead atoms. The molecule has 2 heteroatoms. The summed E-state index contributed by atoms with van der Waals surface area (Å²) in [6, 6.07) is 8.14. The normalized spacial score (nSPS) is 10.6. The minimum atomic E-state index is -0.273. The fourth-order valence-electron chi connectivity index (χ4n) is 1.48. The first-order valence-electron chi connectivity index (χ1n) is 5.44. The van der Waals surface area contributed by atoms with Crippen LogP contribution in [-0.4, -0.2) is 5.91 Å². The summed E-state index contributed by atoms with van der Waals surface area (Å²) in [5.41, 5.74) is 7.45. The van der Waals surface area contributed by atoms with Crippen molar-refractivity contribution in [2.45, 2.75) is 33.1 Å². The quantitative estimate of drug-likeness (QED) is 0.787. The Morgan fingerprint density at radius 1 is 1.20 bits per heavy atom. The lowest BCUT2D eigenvalue weighted by molar-refractivity contribution is -0.117. The van der Waals surface area contributed by atoms with Gasteiger partial charge in [-0.05, 0) is 29.9 Å². The van der Waals surface area contributed by atoms with Gasteiger partial charge in [0.15, 0.2) is 0 Å². The highest BCUT2D eigenvalue weighted by atomic mass is 16.1. The molecule has 0 aliphatic carbocycles. The highest BCUT2D eigenvalue weighted by molar-refractivity contribution is 5.76. The summed E-state index contributed by atoms with van der Waals surface area (Å²) in [6.45, 7) is 4.45. The van der Waals surface area contributed by atoms with E-state index in [1.165, 1.54) is 12.0 Å². The van der Waals surface area contributed by atoms with Crippen LogP contribution in [0.3, 0.4) is 0 Å². The van der Waals surface area contributed by atoms with Gasteiger partial charge in [-0.15, -0.1) is 0 Å². The van der Waals surface area contributed by atoms with Crippen LogP contribution in [0.1, 0.15) is 31.4 Å². The molecule has 0 radical (unpaired) electrons. The summed E-state index contributed by atoms with van der Waals surface area (Å²) in [4.78, 5) is 10.7. The van der Waals surface area contributed by atoms with E-state index in [9.17, 15) is 4.79 Å². The van der Waals surface area contributed by atoms with E-state index in [1.807, 2.05) is 12.1 Å². The lowest BCUT2D eigenvalue weighted by Gasteiger charge is -2.05. The van der Waals surface area contributed by atoms with Crippen molar-refractivity contribution in [1.82, 2.24) is 0 Å². The molecule has 0 aliphatic rings. The van der Waals surface area contributed by atoms with Gasteiger partial charge in [0, 0.05) is 0 Å². The molecule has 0 heterocycles. The molecular formula is C13H19NO. The summed E-state index contributed by atoms with van der Waals surface area (Å²) in [5, 5.41) is 0. The van der Waals surface area contributed by atoms with Crippen LogP contribution in [0.25, 0.3) is 0 Å². The van der Waals surface area contributed by atoms with Crippen LogP contribution in [-0.2, 0) is 17.6 Å². The van der Waals surface area contributed by atoms with Gasteiger partial charge in [0.25, 0.3) is 0 Å². The number of carbonyl (C=O) groups excluding carboxylic acids is 1. The molecule has 2 N–H and O–H groups in total. The number of hydrogen-bond donors (Lipinski definition) is 1. The highest BCUT2D eigenvalue weighted by Gasteiger charge is 2.00. The lowest BCUT2D eigenvalue weighted by Crippen LogP contribution is -2.13. The highest BCUT2D eigenvalue weighted by Crippen LogP contribution is 2.10. The van der Waals surface area contributed by atoms with E-state index in [1.54, 1.807) is 0 Å². The average molecular weight is 205 g/mol. The molecule has 0 spiro atoms. The van der Waals surface area contributed by atoms with Crippen LogP contribution in [0.5, 0.6) is 0 Å². The van der Waals surface area contributed by atoms with Crippen LogP contribution in [0.2, 0.25) is 0 Å². The SMILES string of the molecule is CC(C)CCc1ccc(CC(N)=O)cc1. The summed E-state index contributed by atoms with van der Waals surface area (Å²) in [5.74, 6) is 0.459. The van der Waals surface area contributed by atoms with Crippen LogP contribution in [0.15, 0.2) is 24.3 Å². The molecule has 82 valence electrons. The van der Waals surface area contributed by atoms with E-state index in [2.05, 4.69) is 26.0 Å². The van der Waals surface area contributed by atoms with Crippen molar-refractivity contribution >= 4 is 5.91 Å². The van der Waals surface area contributed by atoms with Gasteiger partial charge in [-0.2, -0.15) is 0 Å². The Balaban J connectivity index is 2.52. The maximum Gasteiger partial charge on any atom is 0.221 e. The van der Waals surface area contributed by atoms with Gasteiger partial charge in [-0.1, -0.05) is 38.1 Å². The van der Waals surface area contributed by atoms with Gasteiger partial charge in [-0.25, -0.2) is 0 Å². The van der Waals surface area contributed by atoms with E-state index in [0.717, 1.165) is 17.9 Å². The molecule has 2 nitrogen and oxygen atoms in total. The van der Waals surface area contributed by atoms with Gasteiger partial charge in [0.05, 0.1) is 6.42 Å². The predicted molar refractivity (Wildman–Crippen MR) is 62.5 cm³/mol. The van der Waals surface area contributed by atoms with E-state index >= 15 is 0 Å². The molecule has 0 saturated carbocycles. The van der Waals surface area contributed by atoms with E-state index in [0.29, 0.717) is 6.42 Å². The molecule has 1 rings (SSSR count). The minimum absolute atomic E-state index is 0.273. The molecule has 0 aliphatic heterocycles. The Labute approximate surface area is 91.5 Å². The molecule has 15 heavy (non-hydrogen) atoms. The average Bonchev–Trinajstić information content (AvgIpc) is 2.16. The third-order valence-corrected chi connectivity index (χ3v) is 2.41. The minimum Gasteiger partial charge on any atom is -0.369 e. The summed E-state index contributed by atoms with van der Waals surface area (Å²) >= 11 is 0. The fraction of sp³-hybridized carbons (Fsp3) is 0.462. The standard InChI is InChI=1S/C13H19NO/c1-10(2)3-4-11-5-7-12(8-6-11)9-13(14)15/h5-8,10H,3-4,9H2,1-2H3,(H2,14,15). The molecule has 0 aromatic heterocycles. The topological polar surface area (TPSA) is 43.1 Å². The smallest absolute Gasteiger partial charge is 0.221 e. The number of hydrogen-bond acceptors (Lipinski definition) is 1. The van der Waals surface area contributed by atoms with Gasteiger partial charge >= 0.3 is 0 Å². The van der Waals surface area contributed by atoms with Crippen LogP contribution in [0.4, 0.5) is 0 Å². The number of benzene rings is 1. The van der Waals surface area contributed by atoms with Crippen LogP contribution >= 0.6 is 0 Å². The zero-order valence-electron chi connectivity index (χ0n) is 9.49. The molecule has 0 atom stereocenters. The van der Waals surface area contributed by atoms with Crippen LogP contribution < -0.4 is 5.73 Å². The van der Waals surface area contributed by atoms with Gasteiger partial charge in [0.1, 0.15) is 0 Å². The van der Waals surface area contributed by atoms with E-state index < -0.39 is 0 Å². The first-order valence-corrected chi connectivity index (χ1v) is 5.44. The van der Waals surface area contributed by atoms with E-state index in [4.69, 9.17) is 5.73 Å². The Bertz CT molecular complexity index is 314. The second kappa shape index (κ2) is 5.54. The number of rotatable bonds is 5. The third kappa shape index (κ3) is 4.63. The van der Waals surface area contributed by atoms with Crippen molar-refractivity contribution in [1.29, 1.82) is 0 Å². The van der Waals surface area contributed by atoms with Crippen molar-refractivity contribution in [3.05, 3.63) is 35.4 Å². The Kier molecular flexibility index (Phi) is 4.35. The number of carbonyl (C=O) groups is 1. The van der Waals surface area contributed by atoms with Gasteiger partial charge < -0.3 is 5.73 Å². The van der Waals surface area contributed by atoms with Gasteiger partial charge in [-0.3, -0.25) is 4.79 Å². The largest absolute Gasteiger partial charge is 0.369 e. The second-order valence-corrected chi connectivity index (χ2v) is 4.39. The third-order valence-electron chi connectivity index (χ3n) is 2.41. The van der Waals surface area contributed by atoms with E-state index in [-0.39, 0.29) is 5.91 Å². The van der Waals surface area contributed by atoms with Crippen molar-refractivity contribution in [2.75, 3.05) is 0 Å². The number of amides is 1. The zero-order valence-corrected chi connectivity index (χ0v) is 9.49.